The van der Waals surface area contributed by atoms with Crippen LogP contribution in [0.25, 0.3) is 0 Å². The van der Waals surface area contributed by atoms with E-state index in [0.717, 1.165) is 19.2 Å². The maximum Gasteiger partial charge on any atom is 0.126 e. The molecule has 3 rings (SSSR count). The van der Waals surface area contributed by atoms with Gasteiger partial charge in [-0.25, -0.2) is 0 Å². The van der Waals surface area contributed by atoms with Crippen LogP contribution in [0, 0.1) is 0 Å². The van der Waals surface area contributed by atoms with E-state index in [1.54, 1.807) is 0 Å². The fraction of sp³-hybridized carbons (Fsp3) is 1.00. The maximum atomic E-state index is 5.76. The Bertz CT molecular complexity index is 165. The maximum absolute atomic E-state index is 5.76. The van der Waals surface area contributed by atoms with E-state index in [0.29, 0.717) is 6.23 Å². The highest BCUT2D eigenvalue weighted by Crippen LogP contribution is 2.29. The first kappa shape index (κ1) is 7.30. The predicted octanol–water partition coefficient (Wildman–Crippen LogP) is 0.123. The number of rotatable bonds is 0. The summed E-state index contributed by atoms with van der Waals surface area (Å²) in [4.78, 5) is 5.11. The summed E-state index contributed by atoms with van der Waals surface area (Å²) in [7, 11) is 0. The lowest BCUT2D eigenvalue weighted by atomic mass is 10.1. The van der Waals surface area contributed by atoms with Gasteiger partial charge in [0.25, 0.3) is 0 Å². The summed E-state index contributed by atoms with van der Waals surface area (Å²) in [6.45, 7) is 5.91. The average molecular weight is 168 g/mol. The number of piperazine rings is 1. The van der Waals surface area contributed by atoms with Crippen LogP contribution in [0.15, 0.2) is 0 Å². The molecule has 3 aliphatic rings. The molecule has 0 aromatic rings. The van der Waals surface area contributed by atoms with Crippen LogP contribution in [-0.4, -0.2) is 54.9 Å². The zero-order chi connectivity index (χ0) is 7.97. The molecule has 3 aliphatic heterocycles. The minimum absolute atomic E-state index is 0.446. The molecule has 12 heavy (non-hydrogen) atoms. The van der Waals surface area contributed by atoms with E-state index < -0.39 is 0 Å². The van der Waals surface area contributed by atoms with E-state index in [1.165, 1.54) is 32.5 Å². The van der Waals surface area contributed by atoms with Gasteiger partial charge < -0.3 is 4.74 Å². The Balaban J connectivity index is 1.81. The van der Waals surface area contributed by atoms with Gasteiger partial charge in [0.05, 0.1) is 6.61 Å². The highest BCUT2D eigenvalue weighted by Gasteiger charge is 2.41. The van der Waals surface area contributed by atoms with Gasteiger partial charge >= 0.3 is 0 Å². The Hall–Kier alpha value is -0.120. The molecule has 3 saturated heterocycles. The molecule has 0 N–H and O–H groups in total. The standard InChI is InChI=1S/C9H16N2O/c1-2-8-9-11(6-7-12-9)5-4-10(8)3-1/h8-9H,1-7H2. The Kier molecular flexibility index (Phi) is 1.63. The SMILES string of the molecule is C1CC2C3OCCN3CCN2C1. The minimum atomic E-state index is 0.446. The molecule has 0 aliphatic carbocycles. The van der Waals surface area contributed by atoms with E-state index in [1.807, 2.05) is 0 Å². The Morgan fingerprint density at radius 2 is 1.92 bits per heavy atom. The van der Waals surface area contributed by atoms with Gasteiger partial charge in [0.2, 0.25) is 0 Å². The summed E-state index contributed by atoms with van der Waals surface area (Å²) in [6, 6.07) is 0.723. The number of hydrogen-bond acceptors (Lipinski definition) is 3. The van der Waals surface area contributed by atoms with Crippen molar-refractivity contribution in [1.82, 2.24) is 9.80 Å². The first-order valence-corrected chi connectivity index (χ1v) is 5.05. The molecule has 3 heteroatoms. The first-order valence-electron chi connectivity index (χ1n) is 5.05. The molecule has 2 atom stereocenters. The normalized spacial score (nSPS) is 43.0. The smallest absolute Gasteiger partial charge is 0.126 e. The molecule has 0 radical (unpaired) electrons. The monoisotopic (exact) mass is 168 g/mol. The molecule has 3 fully saturated rings. The van der Waals surface area contributed by atoms with Crippen LogP contribution in [0.4, 0.5) is 0 Å². The molecule has 0 aromatic heterocycles. The molecule has 3 nitrogen and oxygen atoms in total. The zero-order valence-electron chi connectivity index (χ0n) is 7.41. The third-order valence-corrected chi connectivity index (χ3v) is 3.44. The van der Waals surface area contributed by atoms with Crippen molar-refractivity contribution in [3.8, 4) is 0 Å². The van der Waals surface area contributed by atoms with Crippen molar-refractivity contribution in [2.75, 3.05) is 32.8 Å². The molecule has 0 aromatic carbocycles. The number of nitrogens with zero attached hydrogens (tertiary/aromatic N) is 2. The lowest BCUT2D eigenvalue weighted by Gasteiger charge is -2.39. The zero-order valence-corrected chi connectivity index (χ0v) is 7.41. The average Bonchev–Trinajstić information content (AvgIpc) is 2.71. The second kappa shape index (κ2) is 2.69. The molecule has 2 unspecified atom stereocenters. The van der Waals surface area contributed by atoms with E-state index >= 15 is 0 Å². The van der Waals surface area contributed by atoms with E-state index in [-0.39, 0.29) is 0 Å². The molecule has 0 saturated carbocycles. The molecule has 3 heterocycles. The highest BCUT2D eigenvalue weighted by molar-refractivity contribution is 4.92. The van der Waals surface area contributed by atoms with Crippen LogP contribution in [0.1, 0.15) is 12.8 Å². The molecular weight excluding hydrogens is 152 g/mol. The number of ether oxygens (including phenoxy) is 1. The number of fused-ring (bicyclic) bond motifs is 3. The van der Waals surface area contributed by atoms with Gasteiger partial charge in [-0.1, -0.05) is 0 Å². The van der Waals surface area contributed by atoms with E-state index in [9.17, 15) is 0 Å². The molecule has 0 amide bonds. The van der Waals surface area contributed by atoms with E-state index in [4.69, 9.17) is 4.74 Å². The summed E-state index contributed by atoms with van der Waals surface area (Å²) in [6.07, 6.45) is 3.17. The van der Waals surface area contributed by atoms with E-state index in [2.05, 4.69) is 9.80 Å². The van der Waals surface area contributed by atoms with Crippen molar-refractivity contribution in [3.63, 3.8) is 0 Å². The predicted molar refractivity (Wildman–Crippen MR) is 45.9 cm³/mol. The number of hydrogen-bond donors (Lipinski definition) is 0. The Morgan fingerprint density at radius 1 is 1.00 bits per heavy atom. The molecular formula is C9H16N2O. The van der Waals surface area contributed by atoms with Crippen molar-refractivity contribution in [3.05, 3.63) is 0 Å². The quantitative estimate of drug-likeness (QED) is 0.511. The van der Waals surface area contributed by atoms with Crippen molar-refractivity contribution >= 4 is 0 Å². The third kappa shape index (κ3) is 0.934. The van der Waals surface area contributed by atoms with Crippen molar-refractivity contribution in [2.24, 2.45) is 0 Å². The topological polar surface area (TPSA) is 15.7 Å². The van der Waals surface area contributed by atoms with Crippen LogP contribution >= 0.6 is 0 Å². The summed E-state index contributed by atoms with van der Waals surface area (Å²) in [5.41, 5.74) is 0. The first-order chi connectivity index (χ1) is 5.95. The summed E-state index contributed by atoms with van der Waals surface area (Å²) in [5, 5.41) is 0. The third-order valence-electron chi connectivity index (χ3n) is 3.44. The second-order valence-corrected chi connectivity index (χ2v) is 4.04. The van der Waals surface area contributed by atoms with Crippen LogP contribution in [0.2, 0.25) is 0 Å². The van der Waals surface area contributed by atoms with Crippen LogP contribution in [0.3, 0.4) is 0 Å². The van der Waals surface area contributed by atoms with Crippen LogP contribution in [-0.2, 0) is 4.74 Å². The fourth-order valence-electron chi connectivity index (χ4n) is 2.83. The lowest BCUT2D eigenvalue weighted by Crippen LogP contribution is -2.54. The van der Waals surface area contributed by atoms with Crippen molar-refractivity contribution < 1.29 is 4.74 Å². The van der Waals surface area contributed by atoms with Crippen molar-refractivity contribution in [1.29, 1.82) is 0 Å². The summed E-state index contributed by atoms with van der Waals surface area (Å²) in [5.74, 6) is 0. The Morgan fingerprint density at radius 3 is 2.92 bits per heavy atom. The van der Waals surface area contributed by atoms with Gasteiger partial charge in [0, 0.05) is 25.7 Å². The summed E-state index contributed by atoms with van der Waals surface area (Å²) < 4.78 is 5.76. The van der Waals surface area contributed by atoms with Gasteiger partial charge in [0.15, 0.2) is 0 Å². The molecule has 0 bridgehead atoms. The largest absolute Gasteiger partial charge is 0.360 e. The van der Waals surface area contributed by atoms with Gasteiger partial charge in [-0.2, -0.15) is 0 Å². The minimum Gasteiger partial charge on any atom is -0.360 e. The van der Waals surface area contributed by atoms with Crippen molar-refractivity contribution in [2.45, 2.75) is 25.1 Å². The summed E-state index contributed by atoms with van der Waals surface area (Å²) >= 11 is 0. The van der Waals surface area contributed by atoms with Gasteiger partial charge in [-0.15, -0.1) is 0 Å². The van der Waals surface area contributed by atoms with Gasteiger partial charge in [0.1, 0.15) is 6.23 Å². The van der Waals surface area contributed by atoms with Crippen LogP contribution < -0.4 is 0 Å². The molecule has 68 valence electrons. The molecule has 0 spiro atoms. The fourth-order valence-corrected chi connectivity index (χ4v) is 2.83. The highest BCUT2D eigenvalue weighted by atomic mass is 16.5. The Labute approximate surface area is 73.3 Å². The lowest BCUT2D eigenvalue weighted by molar-refractivity contribution is -0.0565. The van der Waals surface area contributed by atoms with Gasteiger partial charge in [-0.05, 0) is 19.4 Å². The second-order valence-electron chi connectivity index (χ2n) is 4.04. The van der Waals surface area contributed by atoms with Crippen LogP contribution in [0.5, 0.6) is 0 Å². The van der Waals surface area contributed by atoms with Gasteiger partial charge in [-0.3, -0.25) is 9.80 Å².